The van der Waals surface area contributed by atoms with Crippen LogP contribution >= 0.6 is 0 Å². The van der Waals surface area contributed by atoms with Crippen LogP contribution in [0.2, 0.25) is 0 Å². The van der Waals surface area contributed by atoms with Gasteiger partial charge in [0.2, 0.25) is 0 Å². The molecule has 1 rings (SSSR count). The van der Waals surface area contributed by atoms with E-state index in [-0.39, 0.29) is 5.78 Å². The van der Waals surface area contributed by atoms with E-state index in [9.17, 15) is 9.90 Å². The van der Waals surface area contributed by atoms with Crippen LogP contribution in [0.4, 0.5) is 0 Å². The van der Waals surface area contributed by atoms with Gasteiger partial charge in [0.25, 0.3) is 0 Å². The number of hydrogen-bond donors (Lipinski definition) is 1. The van der Waals surface area contributed by atoms with Gasteiger partial charge >= 0.3 is 0 Å². The zero-order chi connectivity index (χ0) is 8.48. The summed E-state index contributed by atoms with van der Waals surface area (Å²) in [6, 6.07) is 0. The zero-order valence-corrected chi connectivity index (χ0v) is 7.26. The smallest absolute Gasteiger partial charge is 0.141 e. The Morgan fingerprint density at radius 1 is 1.73 bits per heavy atom. The number of carbonyl (C=O) groups is 1. The Hall–Kier alpha value is -0.370. The fourth-order valence-corrected chi connectivity index (χ4v) is 1.88. The van der Waals surface area contributed by atoms with Crippen molar-refractivity contribution in [2.45, 2.75) is 45.6 Å². The van der Waals surface area contributed by atoms with Crippen LogP contribution in [0.5, 0.6) is 0 Å². The van der Waals surface area contributed by atoms with Gasteiger partial charge < -0.3 is 5.11 Å². The van der Waals surface area contributed by atoms with Gasteiger partial charge in [0, 0.05) is 6.42 Å². The Labute approximate surface area is 67.6 Å². The summed E-state index contributed by atoms with van der Waals surface area (Å²) in [5, 5.41) is 9.53. The fourth-order valence-electron chi connectivity index (χ4n) is 1.88. The van der Waals surface area contributed by atoms with Gasteiger partial charge in [-0.15, -0.1) is 0 Å². The molecule has 64 valence electrons. The summed E-state index contributed by atoms with van der Waals surface area (Å²) in [7, 11) is 0. The van der Waals surface area contributed by atoms with E-state index in [0.717, 1.165) is 12.8 Å². The first-order valence-electron chi connectivity index (χ1n) is 4.32. The first-order valence-corrected chi connectivity index (χ1v) is 4.32. The normalized spacial score (nSPS) is 38.1. The second kappa shape index (κ2) is 2.94. The molecule has 0 amide bonds. The largest absolute Gasteiger partial charge is 0.392 e. The molecule has 1 fully saturated rings. The van der Waals surface area contributed by atoms with E-state index in [1.165, 1.54) is 0 Å². The molecule has 2 unspecified atom stereocenters. The maximum Gasteiger partial charge on any atom is 0.141 e. The van der Waals surface area contributed by atoms with Crippen molar-refractivity contribution in [1.29, 1.82) is 0 Å². The third-order valence-electron chi connectivity index (χ3n) is 2.79. The van der Waals surface area contributed by atoms with E-state index in [4.69, 9.17) is 0 Å². The molecule has 0 heterocycles. The van der Waals surface area contributed by atoms with Crippen LogP contribution in [0.3, 0.4) is 0 Å². The average molecular weight is 156 g/mol. The lowest BCUT2D eigenvalue weighted by Crippen LogP contribution is -2.32. The molecule has 1 aliphatic carbocycles. The minimum Gasteiger partial charge on any atom is -0.392 e. The number of hydrogen-bond acceptors (Lipinski definition) is 2. The molecule has 0 aromatic rings. The van der Waals surface area contributed by atoms with Gasteiger partial charge in [-0.05, 0) is 12.8 Å². The lowest BCUT2D eigenvalue weighted by Gasteiger charge is -2.25. The van der Waals surface area contributed by atoms with E-state index in [1.807, 2.05) is 13.8 Å². The van der Waals surface area contributed by atoms with E-state index >= 15 is 0 Å². The van der Waals surface area contributed by atoms with Gasteiger partial charge in [-0.2, -0.15) is 0 Å². The second-order valence-corrected chi connectivity index (χ2v) is 3.65. The molecule has 0 aromatic carbocycles. The summed E-state index contributed by atoms with van der Waals surface area (Å²) >= 11 is 0. The minimum atomic E-state index is -0.422. The van der Waals surface area contributed by atoms with Crippen molar-refractivity contribution in [2.75, 3.05) is 0 Å². The van der Waals surface area contributed by atoms with Crippen LogP contribution in [0, 0.1) is 5.41 Å². The third kappa shape index (κ3) is 1.32. The summed E-state index contributed by atoms with van der Waals surface area (Å²) in [6.45, 7) is 3.93. The molecule has 0 radical (unpaired) electrons. The molecular formula is C9H16O2. The number of carbonyl (C=O) groups excluding carboxylic acids is 1. The van der Waals surface area contributed by atoms with Crippen molar-refractivity contribution in [3.05, 3.63) is 0 Å². The highest BCUT2D eigenvalue weighted by Crippen LogP contribution is 2.38. The molecule has 11 heavy (non-hydrogen) atoms. The van der Waals surface area contributed by atoms with Crippen LogP contribution in [0.25, 0.3) is 0 Å². The monoisotopic (exact) mass is 156 g/mol. The Balaban J connectivity index is 2.71. The fraction of sp³-hybridized carbons (Fsp3) is 0.889. The Bertz CT molecular complexity index is 165. The van der Waals surface area contributed by atoms with Crippen molar-refractivity contribution >= 4 is 5.78 Å². The predicted octanol–water partition coefficient (Wildman–Crippen LogP) is 1.52. The molecule has 1 saturated carbocycles. The summed E-state index contributed by atoms with van der Waals surface area (Å²) in [4.78, 5) is 11.3. The Morgan fingerprint density at radius 2 is 2.36 bits per heavy atom. The standard InChI is InChI=1S/C9H16O2/c1-3-6-9(2)7(10)4-5-8(9)11/h7,10H,3-6H2,1-2H3. The van der Waals surface area contributed by atoms with E-state index in [2.05, 4.69) is 0 Å². The molecule has 0 saturated heterocycles. The van der Waals surface area contributed by atoms with Gasteiger partial charge in [-0.25, -0.2) is 0 Å². The lowest BCUT2D eigenvalue weighted by molar-refractivity contribution is -0.128. The first-order chi connectivity index (χ1) is 5.11. The minimum absolute atomic E-state index is 0.242. The Kier molecular flexibility index (Phi) is 2.33. The molecule has 2 nitrogen and oxygen atoms in total. The maximum absolute atomic E-state index is 11.3. The van der Waals surface area contributed by atoms with Gasteiger partial charge in [0.05, 0.1) is 11.5 Å². The molecule has 1 aliphatic rings. The van der Waals surface area contributed by atoms with Crippen molar-refractivity contribution in [3.63, 3.8) is 0 Å². The molecule has 1 N–H and O–H groups in total. The summed E-state index contributed by atoms with van der Waals surface area (Å²) in [6.07, 6.45) is 2.63. The Morgan fingerprint density at radius 3 is 2.73 bits per heavy atom. The third-order valence-corrected chi connectivity index (χ3v) is 2.79. The lowest BCUT2D eigenvalue weighted by atomic mass is 9.81. The van der Waals surface area contributed by atoms with Crippen LogP contribution < -0.4 is 0 Å². The van der Waals surface area contributed by atoms with E-state index in [1.54, 1.807) is 0 Å². The van der Waals surface area contributed by atoms with Crippen molar-refractivity contribution in [2.24, 2.45) is 5.41 Å². The molecule has 2 atom stereocenters. The highest BCUT2D eigenvalue weighted by atomic mass is 16.3. The highest BCUT2D eigenvalue weighted by molar-refractivity contribution is 5.87. The summed E-state index contributed by atoms with van der Waals surface area (Å²) < 4.78 is 0. The number of aliphatic hydroxyl groups excluding tert-OH is 1. The maximum atomic E-state index is 11.3. The quantitative estimate of drug-likeness (QED) is 0.658. The van der Waals surface area contributed by atoms with Crippen molar-refractivity contribution < 1.29 is 9.90 Å². The van der Waals surface area contributed by atoms with Gasteiger partial charge in [0.1, 0.15) is 5.78 Å². The van der Waals surface area contributed by atoms with Crippen LogP contribution in [0.15, 0.2) is 0 Å². The van der Waals surface area contributed by atoms with Crippen LogP contribution in [-0.2, 0) is 4.79 Å². The van der Waals surface area contributed by atoms with E-state index in [0.29, 0.717) is 12.8 Å². The molecule has 2 heteroatoms. The van der Waals surface area contributed by atoms with Crippen LogP contribution in [0.1, 0.15) is 39.5 Å². The number of ketones is 1. The SMILES string of the molecule is CCCC1(C)C(=O)CCC1O. The highest BCUT2D eigenvalue weighted by Gasteiger charge is 2.43. The van der Waals surface area contributed by atoms with Crippen LogP contribution in [-0.4, -0.2) is 17.0 Å². The predicted molar refractivity (Wildman–Crippen MR) is 43.3 cm³/mol. The van der Waals surface area contributed by atoms with Crippen molar-refractivity contribution in [3.8, 4) is 0 Å². The summed E-state index contributed by atoms with van der Waals surface area (Å²) in [5.41, 5.74) is -0.422. The van der Waals surface area contributed by atoms with Gasteiger partial charge in [0.15, 0.2) is 0 Å². The molecule has 0 aliphatic heterocycles. The number of aliphatic hydroxyl groups is 1. The van der Waals surface area contributed by atoms with Gasteiger partial charge in [-0.1, -0.05) is 20.3 Å². The number of rotatable bonds is 2. The van der Waals surface area contributed by atoms with Gasteiger partial charge in [-0.3, -0.25) is 4.79 Å². The molecular weight excluding hydrogens is 140 g/mol. The first kappa shape index (κ1) is 8.72. The zero-order valence-electron chi connectivity index (χ0n) is 7.26. The summed E-state index contributed by atoms with van der Waals surface area (Å²) in [5.74, 6) is 0.242. The molecule has 0 bridgehead atoms. The molecule has 0 aromatic heterocycles. The van der Waals surface area contributed by atoms with Crippen molar-refractivity contribution in [1.82, 2.24) is 0 Å². The topological polar surface area (TPSA) is 37.3 Å². The average Bonchev–Trinajstić information content (AvgIpc) is 2.19. The van der Waals surface area contributed by atoms with E-state index < -0.39 is 11.5 Å². The second-order valence-electron chi connectivity index (χ2n) is 3.65. The molecule has 0 spiro atoms. The number of Topliss-reactive ketones (excluding diaryl/α,β-unsaturated/α-hetero) is 1.